The van der Waals surface area contributed by atoms with Crippen molar-refractivity contribution in [1.29, 1.82) is 0 Å². The third-order valence-electron chi connectivity index (χ3n) is 2.25. The zero-order valence-electron chi connectivity index (χ0n) is 6.92. The summed E-state index contributed by atoms with van der Waals surface area (Å²) < 4.78 is 4.20. The highest BCUT2D eigenvalue weighted by Gasteiger charge is 2.16. The van der Waals surface area contributed by atoms with Crippen molar-refractivity contribution in [2.45, 2.75) is 31.8 Å². The summed E-state index contributed by atoms with van der Waals surface area (Å²) in [5, 5.41) is 4.24. The van der Waals surface area contributed by atoms with Crippen LogP contribution < -0.4 is 11.1 Å². The summed E-state index contributed by atoms with van der Waals surface area (Å²) in [7, 11) is 0. The van der Waals surface area contributed by atoms with E-state index in [1.54, 1.807) is 0 Å². The van der Waals surface area contributed by atoms with E-state index in [9.17, 15) is 0 Å². The topological polar surface area (TPSA) is 50.9 Å². The first-order valence-electron chi connectivity index (χ1n) is 4.29. The van der Waals surface area contributed by atoms with Gasteiger partial charge in [0.1, 0.15) is 5.00 Å². The molecule has 3 N–H and O–H groups in total. The lowest BCUT2D eigenvalue weighted by Crippen LogP contribution is -2.34. The molecule has 66 valence electrons. The van der Waals surface area contributed by atoms with E-state index < -0.39 is 0 Å². The molecule has 0 bridgehead atoms. The Hall–Kier alpha value is -0.610. The van der Waals surface area contributed by atoms with Crippen LogP contribution in [-0.4, -0.2) is 10.4 Å². The lowest BCUT2D eigenvalue weighted by molar-refractivity contribution is 0.337. The van der Waals surface area contributed by atoms with Gasteiger partial charge in [0.25, 0.3) is 0 Å². The molecule has 1 aromatic rings. The predicted molar refractivity (Wildman–Crippen MR) is 51.0 cm³/mol. The van der Waals surface area contributed by atoms with Crippen molar-refractivity contribution in [3.63, 3.8) is 0 Å². The molecule has 0 aliphatic heterocycles. The summed E-state index contributed by atoms with van der Waals surface area (Å²) in [5.41, 5.74) is 6.63. The third-order valence-corrected chi connectivity index (χ3v) is 2.91. The molecule has 0 atom stereocenters. The van der Waals surface area contributed by atoms with Crippen molar-refractivity contribution in [3.8, 4) is 0 Å². The molecule has 3 nitrogen and oxygen atoms in total. The number of nitrogens with one attached hydrogen (secondary N) is 1. The van der Waals surface area contributed by atoms with Gasteiger partial charge in [-0.15, -0.1) is 0 Å². The SMILES string of the molecule is Nc1cc(CNC2CCC2)ns1. The van der Waals surface area contributed by atoms with Gasteiger partial charge in [-0.2, -0.15) is 4.37 Å². The van der Waals surface area contributed by atoms with Gasteiger partial charge in [0.15, 0.2) is 0 Å². The first-order chi connectivity index (χ1) is 5.84. The third kappa shape index (κ3) is 1.76. The average Bonchev–Trinajstić information content (AvgIpc) is 2.32. The molecule has 1 saturated carbocycles. The summed E-state index contributed by atoms with van der Waals surface area (Å²) in [6.45, 7) is 0.873. The van der Waals surface area contributed by atoms with Gasteiger partial charge < -0.3 is 11.1 Å². The highest BCUT2D eigenvalue weighted by molar-refractivity contribution is 7.09. The maximum atomic E-state index is 5.56. The molecule has 2 rings (SSSR count). The number of nitrogens with two attached hydrogens (primary N) is 1. The van der Waals surface area contributed by atoms with Crippen LogP contribution in [0.5, 0.6) is 0 Å². The Kier molecular flexibility index (Phi) is 2.28. The van der Waals surface area contributed by atoms with Gasteiger partial charge in [-0.1, -0.05) is 6.42 Å². The fourth-order valence-corrected chi connectivity index (χ4v) is 1.80. The highest BCUT2D eigenvalue weighted by Crippen LogP contribution is 2.19. The molecule has 1 fully saturated rings. The number of nitrogen functional groups attached to an aromatic ring is 1. The van der Waals surface area contributed by atoms with Crippen LogP contribution >= 0.6 is 11.5 Å². The van der Waals surface area contributed by atoms with Gasteiger partial charge in [-0.25, -0.2) is 0 Å². The second-order valence-corrected chi connectivity index (χ2v) is 4.07. The Morgan fingerprint density at radius 2 is 2.50 bits per heavy atom. The number of nitrogens with zero attached hydrogens (tertiary/aromatic N) is 1. The molecule has 0 radical (unpaired) electrons. The number of anilines is 1. The van der Waals surface area contributed by atoms with Crippen LogP contribution in [0.2, 0.25) is 0 Å². The van der Waals surface area contributed by atoms with Gasteiger partial charge in [0, 0.05) is 12.6 Å². The van der Waals surface area contributed by atoms with E-state index in [4.69, 9.17) is 5.73 Å². The van der Waals surface area contributed by atoms with Crippen molar-refractivity contribution < 1.29 is 0 Å². The molecule has 0 aromatic carbocycles. The van der Waals surface area contributed by atoms with E-state index in [2.05, 4.69) is 9.69 Å². The van der Waals surface area contributed by atoms with Crippen LogP contribution in [0.1, 0.15) is 25.0 Å². The number of aromatic nitrogens is 1. The fraction of sp³-hybridized carbons (Fsp3) is 0.625. The summed E-state index contributed by atoms with van der Waals surface area (Å²) in [4.78, 5) is 0. The normalized spacial score (nSPS) is 17.7. The lowest BCUT2D eigenvalue weighted by atomic mass is 9.93. The first kappa shape index (κ1) is 8.01. The summed E-state index contributed by atoms with van der Waals surface area (Å²) >= 11 is 1.37. The summed E-state index contributed by atoms with van der Waals surface area (Å²) in [6.07, 6.45) is 4.01. The minimum Gasteiger partial charge on any atom is -0.389 e. The van der Waals surface area contributed by atoms with Crippen molar-refractivity contribution in [1.82, 2.24) is 9.69 Å². The molecule has 0 amide bonds. The predicted octanol–water partition coefficient (Wildman–Crippen LogP) is 1.37. The Balaban J connectivity index is 1.79. The van der Waals surface area contributed by atoms with E-state index in [-0.39, 0.29) is 0 Å². The number of hydrogen-bond acceptors (Lipinski definition) is 4. The summed E-state index contributed by atoms with van der Waals surface area (Å²) in [5.74, 6) is 0. The van der Waals surface area contributed by atoms with Crippen LogP contribution in [0.25, 0.3) is 0 Å². The molecule has 1 aromatic heterocycles. The molecule has 4 heteroatoms. The number of hydrogen-bond donors (Lipinski definition) is 2. The van der Waals surface area contributed by atoms with E-state index >= 15 is 0 Å². The molecule has 12 heavy (non-hydrogen) atoms. The molecule has 1 aliphatic carbocycles. The largest absolute Gasteiger partial charge is 0.389 e. The Labute approximate surface area is 76.1 Å². The standard InChI is InChI=1S/C8H13N3S/c9-8-4-7(11-12-8)5-10-6-2-1-3-6/h4,6,10H,1-3,5,9H2. The lowest BCUT2D eigenvalue weighted by Gasteiger charge is -2.26. The smallest absolute Gasteiger partial charge is 0.107 e. The molecule has 0 unspecified atom stereocenters. The van der Waals surface area contributed by atoms with E-state index in [0.29, 0.717) is 0 Å². The summed E-state index contributed by atoms with van der Waals surface area (Å²) in [6, 6.07) is 2.67. The van der Waals surface area contributed by atoms with Crippen LogP contribution in [0, 0.1) is 0 Å². The first-order valence-corrected chi connectivity index (χ1v) is 5.06. The maximum absolute atomic E-state index is 5.56. The molecule has 1 aliphatic rings. The van der Waals surface area contributed by atoms with Gasteiger partial charge in [-0.3, -0.25) is 0 Å². The second kappa shape index (κ2) is 3.41. The molecular formula is C8H13N3S. The minimum absolute atomic E-state index is 0.730. The Morgan fingerprint density at radius 1 is 1.67 bits per heavy atom. The van der Waals surface area contributed by atoms with Crippen molar-refractivity contribution >= 4 is 16.5 Å². The second-order valence-electron chi connectivity index (χ2n) is 3.23. The van der Waals surface area contributed by atoms with Crippen LogP contribution in [0.15, 0.2) is 6.07 Å². The quantitative estimate of drug-likeness (QED) is 0.744. The van der Waals surface area contributed by atoms with E-state index in [1.165, 1.54) is 30.8 Å². The molecule has 0 spiro atoms. The Morgan fingerprint density at radius 3 is 3.00 bits per heavy atom. The average molecular weight is 183 g/mol. The molecule has 1 heterocycles. The highest BCUT2D eigenvalue weighted by atomic mass is 32.1. The van der Waals surface area contributed by atoms with Crippen molar-refractivity contribution in [2.24, 2.45) is 0 Å². The van der Waals surface area contributed by atoms with E-state index in [1.807, 2.05) is 6.07 Å². The van der Waals surface area contributed by atoms with Crippen molar-refractivity contribution in [3.05, 3.63) is 11.8 Å². The van der Waals surface area contributed by atoms with Gasteiger partial charge in [0.05, 0.1) is 5.69 Å². The van der Waals surface area contributed by atoms with Gasteiger partial charge in [-0.05, 0) is 30.4 Å². The van der Waals surface area contributed by atoms with Crippen LogP contribution in [-0.2, 0) is 6.54 Å². The van der Waals surface area contributed by atoms with Crippen LogP contribution in [0.3, 0.4) is 0 Å². The minimum atomic E-state index is 0.730. The maximum Gasteiger partial charge on any atom is 0.107 e. The van der Waals surface area contributed by atoms with Crippen LogP contribution in [0.4, 0.5) is 5.00 Å². The van der Waals surface area contributed by atoms with Crippen molar-refractivity contribution in [2.75, 3.05) is 5.73 Å². The van der Waals surface area contributed by atoms with Gasteiger partial charge >= 0.3 is 0 Å². The Bertz CT molecular complexity index is 255. The zero-order valence-corrected chi connectivity index (χ0v) is 7.73. The molecular weight excluding hydrogens is 170 g/mol. The molecule has 0 saturated heterocycles. The van der Waals surface area contributed by atoms with E-state index in [0.717, 1.165) is 23.3 Å². The van der Waals surface area contributed by atoms with Gasteiger partial charge in [0.2, 0.25) is 0 Å². The number of rotatable bonds is 3. The monoisotopic (exact) mass is 183 g/mol. The zero-order chi connectivity index (χ0) is 8.39. The fourth-order valence-electron chi connectivity index (χ4n) is 1.27.